The van der Waals surface area contributed by atoms with E-state index in [-0.39, 0.29) is 6.04 Å². The Hall–Kier alpha value is -0.620. The second kappa shape index (κ2) is 3.75. The fraction of sp³-hybridized carbons (Fsp3) is 0.333. The molecule has 1 aliphatic rings. The van der Waals surface area contributed by atoms with Crippen molar-refractivity contribution in [2.75, 3.05) is 0 Å². The summed E-state index contributed by atoms with van der Waals surface area (Å²) in [5.41, 5.74) is 1.94. The van der Waals surface area contributed by atoms with Gasteiger partial charge < -0.3 is 0 Å². The number of halogens is 1. The van der Waals surface area contributed by atoms with Gasteiger partial charge in [-0.2, -0.15) is 13.1 Å². The molecule has 1 aliphatic carbocycles. The Bertz CT molecular complexity index is 487. The Balaban J connectivity index is 2.36. The number of benzene rings is 1. The summed E-state index contributed by atoms with van der Waals surface area (Å²) in [5.74, 6) is 0. The molecular formula is C9H11ClN2O2S. The molecule has 0 heterocycles. The van der Waals surface area contributed by atoms with Gasteiger partial charge in [-0.1, -0.05) is 23.7 Å². The van der Waals surface area contributed by atoms with Gasteiger partial charge in [0.15, 0.2) is 0 Å². The second-order valence-corrected chi connectivity index (χ2v) is 5.30. The number of aryl methyl sites for hydroxylation is 1. The summed E-state index contributed by atoms with van der Waals surface area (Å²) >= 11 is 6.02. The predicted octanol–water partition coefficient (Wildman–Crippen LogP) is 1.12. The highest BCUT2D eigenvalue weighted by Gasteiger charge is 2.26. The molecule has 0 aliphatic heterocycles. The lowest BCUT2D eigenvalue weighted by Crippen LogP contribution is -2.33. The second-order valence-electron chi connectivity index (χ2n) is 3.57. The van der Waals surface area contributed by atoms with Crippen LogP contribution in [0, 0.1) is 0 Å². The third kappa shape index (κ3) is 2.31. The zero-order valence-electron chi connectivity index (χ0n) is 7.90. The first kappa shape index (κ1) is 10.9. The van der Waals surface area contributed by atoms with Crippen molar-refractivity contribution in [3.63, 3.8) is 0 Å². The monoisotopic (exact) mass is 246 g/mol. The molecule has 1 atom stereocenters. The normalized spacial score (nSPS) is 20.3. The van der Waals surface area contributed by atoms with Crippen molar-refractivity contribution in [2.24, 2.45) is 5.14 Å². The van der Waals surface area contributed by atoms with Crippen molar-refractivity contribution >= 4 is 21.8 Å². The molecule has 3 N–H and O–H groups in total. The number of rotatable bonds is 2. The van der Waals surface area contributed by atoms with Crippen molar-refractivity contribution in [3.8, 4) is 0 Å². The minimum atomic E-state index is -3.68. The van der Waals surface area contributed by atoms with Gasteiger partial charge in [0, 0.05) is 11.1 Å². The van der Waals surface area contributed by atoms with E-state index in [4.69, 9.17) is 16.7 Å². The van der Waals surface area contributed by atoms with Gasteiger partial charge in [-0.05, 0) is 30.0 Å². The maximum absolute atomic E-state index is 10.9. The van der Waals surface area contributed by atoms with E-state index in [1.165, 1.54) is 0 Å². The Morgan fingerprint density at radius 2 is 2.20 bits per heavy atom. The zero-order valence-corrected chi connectivity index (χ0v) is 9.48. The van der Waals surface area contributed by atoms with Crippen LogP contribution in [0.1, 0.15) is 23.6 Å². The van der Waals surface area contributed by atoms with Crippen molar-refractivity contribution in [1.29, 1.82) is 0 Å². The summed E-state index contributed by atoms with van der Waals surface area (Å²) in [7, 11) is -3.68. The van der Waals surface area contributed by atoms with E-state index in [0.29, 0.717) is 11.4 Å². The van der Waals surface area contributed by atoms with Crippen LogP contribution in [-0.2, 0) is 16.6 Å². The van der Waals surface area contributed by atoms with E-state index in [9.17, 15) is 8.42 Å². The van der Waals surface area contributed by atoms with Crippen LogP contribution in [0.4, 0.5) is 0 Å². The van der Waals surface area contributed by atoms with Crippen LogP contribution >= 0.6 is 11.6 Å². The number of nitrogens with two attached hydrogens (primary N) is 1. The van der Waals surface area contributed by atoms with Gasteiger partial charge in [0.05, 0.1) is 0 Å². The Morgan fingerprint density at radius 1 is 1.47 bits per heavy atom. The van der Waals surface area contributed by atoms with E-state index in [1.807, 2.05) is 12.1 Å². The molecule has 4 nitrogen and oxygen atoms in total. The van der Waals surface area contributed by atoms with Crippen LogP contribution in [-0.4, -0.2) is 8.42 Å². The van der Waals surface area contributed by atoms with Gasteiger partial charge in [0.1, 0.15) is 0 Å². The Kier molecular flexibility index (Phi) is 2.72. The van der Waals surface area contributed by atoms with Gasteiger partial charge in [-0.15, -0.1) is 0 Å². The summed E-state index contributed by atoms with van der Waals surface area (Å²) in [6.07, 6.45) is 1.53. The minimum Gasteiger partial charge on any atom is -0.216 e. The molecule has 0 unspecified atom stereocenters. The van der Waals surface area contributed by atoms with Crippen LogP contribution in [0.2, 0.25) is 5.02 Å². The highest BCUT2D eigenvalue weighted by Crippen LogP contribution is 2.36. The molecule has 6 heteroatoms. The van der Waals surface area contributed by atoms with Gasteiger partial charge >= 0.3 is 0 Å². The van der Waals surface area contributed by atoms with E-state index in [2.05, 4.69) is 4.72 Å². The SMILES string of the molecule is NS(=O)(=O)N[C@H]1CCc2cccc(Cl)c21. The lowest BCUT2D eigenvalue weighted by Gasteiger charge is -2.12. The van der Waals surface area contributed by atoms with E-state index in [1.54, 1.807) is 6.07 Å². The first-order chi connectivity index (χ1) is 6.97. The summed E-state index contributed by atoms with van der Waals surface area (Å²) in [6.45, 7) is 0. The molecule has 1 aromatic rings. The van der Waals surface area contributed by atoms with E-state index >= 15 is 0 Å². The molecular weight excluding hydrogens is 236 g/mol. The number of nitrogens with one attached hydrogen (secondary N) is 1. The van der Waals surface area contributed by atoms with Crippen LogP contribution in [0.3, 0.4) is 0 Å². The third-order valence-corrected chi connectivity index (χ3v) is 3.44. The highest BCUT2D eigenvalue weighted by atomic mass is 35.5. The number of hydrogen-bond acceptors (Lipinski definition) is 2. The van der Waals surface area contributed by atoms with Gasteiger partial charge in [-0.3, -0.25) is 0 Å². The maximum atomic E-state index is 10.9. The largest absolute Gasteiger partial charge is 0.274 e. The van der Waals surface area contributed by atoms with Gasteiger partial charge in [-0.25, -0.2) is 5.14 Å². The van der Waals surface area contributed by atoms with Crippen LogP contribution in [0.5, 0.6) is 0 Å². The number of hydrogen-bond donors (Lipinski definition) is 2. The summed E-state index contributed by atoms with van der Waals surface area (Å²) in [6, 6.07) is 5.28. The van der Waals surface area contributed by atoms with Crippen molar-refractivity contribution in [1.82, 2.24) is 4.72 Å². The lowest BCUT2D eigenvalue weighted by molar-refractivity contribution is 0.556. The molecule has 1 aromatic carbocycles. The minimum absolute atomic E-state index is 0.288. The lowest BCUT2D eigenvalue weighted by atomic mass is 10.1. The summed E-state index contributed by atoms with van der Waals surface area (Å²) < 4.78 is 24.2. The van der Waals surface area contributed by atoms with Crippen LogP contribution < -0.4 is 9.86 Å². The summed E-state index contributed by atoms with van der Waals surface area (Å²) in [4.78, 5) is 0. The number of fused-ring (bicyclic) bond motifs is 1. The topological polar surface area (TPSA) is 72.2 Å². The average molecular weight is 247 g/mol. The molecule has 15 heavy (non-hydrogen) atoms. The first-order valence-corrected chi connectivity index (χ1v) is 6.47. The van der Waals surface area contributed by atoms with Crippen molar-refractivity contribution in [2.45, 2.75) is 18.9 Å². The average Bonchev–Trinajstić information content (AvgIpc) is 2.47. The Morgan fingerprint density at radius 3 is 2.87 bits per heavy atom. The molecule has 2 rings (SSSR count). The molecule has 0 saturated carbocycles. The molecule has 0 spiro atoms. The zero-order chi connectivity index (χ0) is 11.1. The van der Waals surface area contributed by atoms with Crippen LogP contribution in [0.15, 0.2) is 18.2 Å². The third-order valence-electron chi connectivity index (χ3n) is 2.50. The van der Waals surface area contributed by atoms with Crippen LogP contribution in [0.25, 0.3) is 0 Å². The smallest absolute Gasteiger partial charge is 0.216 e. The molecule has 0 fully saturated rings. The molecule has 0 radical (unpaired) electrons. The maximum Gasteiger partial charge on any atom is 0.274 e. The molecule has 0 saturated heterocycles. The Labute approximate surface area is 93.6 Å². The van der Waals surface area contributed by atoms with E-state index in [0.717, 1.165) is 17.5 Å². The standard InChI is InChI=1S/C9H11ClN2O2S/c10-7-3-1-2-6-4-5-8(9(6)7)12-15(11,13)14/h1-3,8,12H,4-5H2,(H2,11,13,14)/t8-/m0/s1. The molecule has 82 valence electrons. The predicted molar refractivity (Wildman–Crippen MR) is 58.8 cm³/mol. The molecule has 0 bridgehead atoms. The first-order valence-electron chi connectivity index (χ1n) is 4.55. The fourth-order valence-electron chi connectivity index (χ4n) is 1.95. The van der Waals surface area contributed by atoms with Gasteiger partial charge in [0.2, 0.25) is 0 Å². The van der Waals surface area contributed by atoms with Crippen molar-refractivity contribution in [3.05, 3.63) is 34.3 Å². The summed E-state index contributed by atoms with van der Waals surface area (Å²) in [5, 5.41) is 5.53. The fourth-order valence-corrected chi connectivity index (χ4v) is 2.91. The quantitative estimate of drug-likeness (QED) is 0.821. The van der Waals surface area contributed by atoms with Gasteiger partial charge in [0.25, 0.3) is 10.2 Å². The molecule has 0 aromatic heterocycles. The highest BCUT2D eigenvalue weighted by molar-refractivity contribution is 7.87. The molecule has 0 amide bonds. The van der Waals surface area contributed by atoms with E-state index < -0.39 is 10.2 Å². The van der Waals surface area contributed by atoms with Crippen molar-refractivity contribution < 1.29 is 8.42 Å².